The van der Waals surface area contributed by atoms with Crippen molar-refractivity contribution in [3.05, 3.63) is 58.9 Å². The van der Waals surface area contributed by atoms with Crippen LogP contribution in [0.4, 0.5) is 0 Å². The number of rotatable bonds is 7. The quantitative estimate of drug-likeness (QED) is 0.336. The van der Waals surface area contributed by atoms with Crippen LogP contribution in [-0.2, 0) is 0 Å². The molecule has 2 aromatic heterocycles. The molecule has 9 nitrogen and oxygen atoms in total. The van der Waals surface area contributed by atoms with Gasteiger partial charge in [-0.1, -0.05) is 30.3 Å². The number of benzene rings is 2. The van der Waals surface area contributed by atoms with Gasteiger partial charge in [0.25, 0.3) is 0 Å². The molecule has 31 heavy (non-hydrogen) atoms. The number of aromatic nitrogens is 5. The average molecular weight is 436 g/mol. The molecular weight excluding hydrogens is 416 g/mol. The molecule has 0 amide bonds. The molecule has 0 saturated heterocycles. The average Bonchev–Trinajstić information content (AvgIpc) is 3.44. The lowest BCUT2D eigenvalue weighted by Crippen LogP contribution is -2.00. The molecule has 2 heterocycles. The van der Waals surface area contributed by atoms with E-state index in [0.29, 0.717) is 39.1 Å². The number of nitrogens with zero attached hydrogens (tertiary/aromatic N) is 4. The van der Waals surface area contributed by atoms with Gasteiger partial charge in [-0.05, 0) is 18.3 Å². The van der Waals surface area contributed by atoms with Gasteiger partial charge < -0.3 is 14.2 Å². The molecule has 0 saturated carbocycles. The molecular formula is C21H20N6O3S. The maximum absolute atomic E-state index is 5.47. The van der Waals surface area contributed by atoms with E-state index in [2.05, 4.69) is 25.5 Å². The molecule has 2 N–H and O–H groups in total. The maximum Gasteiger partial charge on any atom is 0.216 e. The molecule has 0 atom stereocenters. The Labute approximate surface area is 183 Å². The molecule has 0 bridgehead atoms. The van der Waals surface area contributed by atoms with E-state index in [-0.39, 0.29) is 0 Å². The summed E-state index contributed by atoms with van der Waals surface area (Å²) in [4.78, 5) is 0. The molecule has 0 aliphatic rings. The molecule has 0 radical (unpaired) electrons. The smallest absolute Gasteiger partial charge is 0.216 e. The van der Waals surface area contributed by atoms with Crippen molar-refractivity contribution >= 4 is 18.4 Å². The summed E-state index contributed by atoms with van der Waals surface area (Å²) in [6.07, 6.45) is 1.60. The fraction of sp³-hybridized carbons (Fsp3) is 0.143. The van der Waals surface area contributed by atoms with Crippen molar-refractivity contribution in [1.82, 2.24) is 25.1 Å². The van der Waals surface area contributed by atoms with Crippen molar-refractivity contribution in [1.29, 1.82) is 0 Å². The fourth-order valence-electron chi connectivity index (χ4n) is 3.04. The highest BCUT2D eigenvalue weighted by Gasteiger charge is 2.15. The fourth-order valence-corrected chi connectivity index (χ4v) is 3.22. The zero-order chi connectivity index (χ0) is 21.8. The number of methoxy groups -OCH3 is 3. The first-order valence-corrected chi connectivity index (χ1v) is 9.68. The second kappa shape index (κ2) is 8.84. The van der Waals surface area contributed by atoms with Crippen molar-refractivity contribution in [3.63, 3.8) is 0 Å². The van der Waals surface area contributed by atoms with Crippen molar-refractivity contribution in [2.24, 2.45) is 5.10 Å². The Balaban J connectivity index is 1.73. The Hall–Kier alpha value is -3.92. The first-order valence-electron chi connectivity index (χ1n) is 9.27. The summed E-state index contributed by atoms with van der Waals surface area (Å²) in [6, 6.07) is 15.2. The van der Waals surface area contributed by atoms with Crippen LogP contribution in [0.25, 0.3) is 22.8 Å². The van der Waals surface area contributed by atoms with Gasteiger partial charge in [0.1, 0.15) is 22.9 Å². The molecule has 158 valence electrons. The first-order chi connectivity index (χ1) is 15.1. The predicted octanol–water partition coefficient (Wildman–Crippen LogP) is 3.91. The van der Waals surface area contributed by atoms with Gasteiger partial charge in [-0.25, -0.2) is 5.10 Å². The van der Waals surface area contributed by atoms with Crippen molar-refractivity contribution in [2.45, 2.75) is 0 Å². The van der Waals surface area contributed by atoms with Crippen LogP contribution in [0, 0.1) is 4.77 Å². The Bertz CT molecular complexity index is 1250. The summed E-state index contributed by atoms with van der Waals surface area (Å²) >= 11 is 5.36. The Morgan fingerprint density at radius 2 is 1.65 bits per heavy atom. The minimum absolute atomic E-state index is 0.327. The zero-order valence-corrected chi connectivity index (χ0v) is 17.9. The summed E-state index contributed by atoms with van der Waals surface area (Å²) in [5.41, 5.74) is 3.08. The third kappa shape index (κ3) is 4.05. The van der Waals surface area contributed by atoms with Crippen LogP contribution in [0.15, 0.2) is 53.6 Å². The summed E-state index contributed by atoms with van der Waals surface area (Å²) in [6.45, 7) is 0. The van der Waals surface area contributed by atoms with Gasteiger partial charge in [0.15, 0.2) is 0 Å². The van der Waals surface area contributed by atoms with E-state index >= 15 is 0 Å². The standard InChI is InChI=1S/C21H20N6O3S/c1-28-14-9-18(29-2)15(19(10-14)30-3)12-22-27-20(25-26-21(27)31)17-11-16(23-24-17)13-7-5-4-6-8-13/h4-12H,1-3H3,(H,23,24)(H,26,31). The number of hydrogen-bond donors (Lipinski definition) is 2. The highest BCUT2D eigenvalue weighted by atomic mass is 32.1. The van der Waals surface area contributed by atoms with Crippen LogP contribution in [0.3, 0.4) is 0 Å². The summed E-state index contributed by atoms with van der Waals surface area (Å²) in [5.74, 6) is 2.19. The molecule has 0 unspecified atom stereocenters. The minimum Gasteiger partial charge on any atom is -0.496 e. The summed E-state index contributed by atoms with van der Waals surface area (Å²) in [7, 11) is 4.71. The maximum atomic E-state index is 5.47. The second-order valence-corrected chi connectivity index (χ2v) is 6.77. The van der Waals surface area contributed by atoms with Gasteiger partial charge in [-0.3, -0.25) is 5.10 Å². The number of H-pyrrole nitrogens is 2. The Kier molecular flexibility index (Phi) is 5.80. The van der Waals surface area contributed by atoms with Crippen LogP contribution in [0.1, 0.15) is 5.56 Å². The minimum atomic E-state index is 0.327. The highest BCUT2D eigenvalue weighted by molar-refractivity contribution is 7.71. The molecule has 4 rings (SSSR count). The molecule has 2 aromatic carbocycles. The molecule has 0 aliphatic carbocycles. The predicted molar refractivity (Wildman–Crippen MR) is 120 cm³/mol. The largest absolute Gasteiger partial charge is 0.496 e. The SMILES string of the molecule is COc1cc(OC)c(C=Nn2c(-c3cc(-c4ccccc4)n[nH]3)n[nH]c2=S)c(OC)c1. The van der Waals surface area contributed by atoms with Crippen LogP contribution in [0.2, 0.25) is 0 Å². The first kappa shape index (κ1) is 20.4. The molecule has 0 spiro atoms. The van der Waals surface area contributed by atoms with Crippen LogP contribution < -0.4 is 14.2 Å². The normalized spacial score (nSPS) is 11.1. The van der Waals surface area contributed by atoms with Gasteiger partial charge in [0.05, 0.1) is 38.8 Å². The van der Waals surface area contributed by atoms with Gasteiger partial charge >= 0.3 is 0 Å². The monoisotopic (exact) mass is 436 g/mol. The number of hydrogen-bond acceptors (Lipinski definition) is 7. The van der Waals surface area contributed by atoms with Crippen LogP contribution in [-0.4, -0.2) is 52.6 Å². The van der Waals surface area contributed by atoms with Gasteiger partial charge in [0.2, 0.25) is 10.6 Å². The van der Waals surface area contributed by atoms with Crippen LogP contribution >= 0.6 is 12.2 Å². The van der Waals surface area contributed by atoms with E-state index in [4.69, 9.17) is 26.4 Å². The van der Waals surface area contributed by atoms with Gasteiger partial charge in [-0.2, -0.15) is 20.0 Å². The second-order valence-electron chi connectivity index (χ2n) is 6.39. The molecule has 4 aromatic rings. The van der Waals surface area contributed by atoms with Gasteiger partial charge in [0, 0.05) is 17.7 Å². The van der Waals surface area contributed by atoms with E-state index in [1.165, 1.54) is 4.68 Å². The lowest BCUT2D eigenvalue weighted by Gasteiger charge is -2.12. The topological polar surface area (TPSA) is 102 Å². The molecule has 10 heteroatoms. The third-order valence-corrected chi connectivity index (χ3v) is 4.86. The summed E-state index contributed by atoms with van der Waals surface area (Å²) in [5, 5.41) is 18.9. The molecule has 0 fully saturated rings. The van der Waals surface area contributed by atoms with E-state index < -0.39 is 0 Å². The van der Waals surface area contributed by atoms with E-state index in [9.17, 15) is 0 Å². The lowest BCUT2D eigenvalue weighted by atomic mass is 10.1. The van der Waals surface area contributed by atoms with Crippen molar-refractivity contribution < 1.29 is 14.2 Å². The lowest BCUT2D eigenvalue weighted by molar-refractivity contribution is 0.374. The van der Waals surface area contributed by atoms with E-state index in [1.54, 1.807) is 39.7 Å². The Morgan fingerprint density at radius 1 is 0.935 bits per heavy atom. The summed E-state index contributed by atoms with van der Waals surface area (Å²) < 4.78 is 18.1. The number of ether oxygens (including phenoxy) is 3. The Morgan fingerprint density at radius 3 is 2.29 bits per heavy atom. The van der Waals surface area contributed by atoms with E-state index in [1.807, 2.05) is 36.4 Å². The highest BCUT2D eigenvalue weighted by Crippen LogP contribution is 2.33. The number of nitrogens with one attached hydrogen (secondary N) is 2. The van der Waals surface area contributed by atoms with Gasteiger partial charge in [-0.15, -0.1) is 0 Å². The zero-order valence-electron chi connectivity index (χ0n) is 17.1. The van der Waals surface area contributed by atoms with Crippen LogP contribution in [0.5, 0.6) is 17.2 Å². The van der Waals surface area contributed by atoms with Crippen molar-refractivity contribution in [3.8, 4) is 40.0 Å². The van der Waals surface area contributed by atoms with Crippen molar-refractivity contribution in [2.75, 3.05) is 21.3 Å². The van der Waals surface area contributed by atoms with E-state index in [0.717, 1.165) is 11.3 Å². The number of aromatic amines is 2. The molecule has 0 aliphatic heterocycles. The third-order valence-electron chi connectivity index (χ3n) is 4.59.